The summed E-state index contributed by atoms with van der Waals surface area (Å²) < 4.78 is 13.0. The SMILES string of the molecule is CCCCCCCCCCCCCCCCOC1(OCCCCCCCCCCCCCCCC)CCN(C)CC1. The molecule has 1 saturated heterocycles. The van der Waals surface area contributed by atoms with E-state index in [4.69, 9.17) is 9.47 Å². The molecule has 0 spiro atoms. The summed E-state index contributed by atoms with van der Waals surface area (Å²) in [5.74, 6) is -0.306. The second kappa shape index (κ2) is 29.9. The third-order valence-corrected chi connectivity index (χ3v) is 9.47. The molecule has 41 heavy (non-hydrogen) atoms. The average molecular weight is 580 g/mol. The zero-order valence-corrected chi connectivity index (χ0v) is 28.8. The fourth-order valence-corrected chi connectivity index (χ4v) is 6.40. The molecule has 0 atom stereocenters. The molecule has 1 heterocycles. The van der Waals surface area contributed by atoms with Crippen LogP contribution in [0.3, 0.4) is 0 Å². The molecule has 1 rings (SSSR count). The molecule has 0 unspecified atom stereocenters. The van der Waals surface area contributed by atoms with Gasteiger partial charge >= 0.3 is 0 Å². The Kier molecular flexibility index (Phi) is 28.4. The largest absolute Gasteiger partial charge is 0.350 e. The summed E-state index contributed by atoms with van der Waals surface area (Å²) >= 11 is 0. The van der Waals surface area contributed by atoms with Crippen LogP contribution in [-0.4, -0.2) is 44.0 Å². The van der Waals surface area contributed by atoms with Crippen LogP contribution in [0, 0.1) is 0 Å². The number of rotatable bonds is 32. The summed E-state index contributed by atoms with van der Waals surface area (Å²) in [7, 11) is 2.23. The van der Waals surface area contributed by atoms with Crippen LogP contribution in [0.1, 0.15) is 206 Å². The second-order valence-corrected chi connectivity index (χ2v) is 13.6. The highest BCUT2D eigenvalue weighted by Gasteiger charge is 2.35. The zero-order chi connectivity index (χ0) is 29.5. The zero-order valence-electron chi connectivity index (χ0n) is 28.8. The third kappa shape index (κ3) is 25.0. The monoisotopic (exact) mass is 580 g/mol. The van der Waals surface area contributed by atoms with Crippen LogP contribution in [0.15, 0.2) is 0 Å². The first-order valence-corrected chi connectivity index (χ1v) is 19.2. The summed E-state index contributed by atoms with van der Waals surface area (Å²) in [4.78, 5) is 2.42. The first-order valence-electron chi connectivity index (χ1n) is 19.2. The second-order valence-electron chi connectivity index (χ2n) is 13.6. The van der Waals surface area contributed by atoms with Crippen molar-refractivity contribution in [2.45, 2.75) is 212 Å². The van der Waals surface area contributed by atoms with E-state index in [1.807, 2.05) is 0 Å². The van der Waals surface area contributed by atoms with Gasteiger partial charge in [-0.25, -0.2) is 0 Å². The van der Waals surface area contributed by atoms with E-state index in [2.05, 4.69) is 25.8 Å². The molecular weight excluding hydrogens is 502 g/mol. The molecular formula is C38H77NO2. The summed E-state index contributed by atoms with van der Waals surface area (Å²) in [5.41, 5.74) is 0. The van der Waals surface area contributed by atoms with Gasteiger partial charge in [0.05, 0.1) is 13.2 Å². The summed E-state index contributed by atoms with van der Waals surface area (Å²) in [5, 5.41) is 0. The molecule has 1 aliphatic rings. The van der Waals surface area contributed by atoms with Gasteiger partial charge in [0.15, 0.2) is 5.79 Å². The Labute approximate surface area is 259 Å². The van der Waals surface area contributed by atoms with Crippen molar-refractivity contribution in [3.63, 3.8) is 0 Å². The number of ether oxygens (including phenoxy) is 2. The molecule has 0 aromatic rings. The van der Waals surface area contributed by atoms with E-state index in [-0.39, 0.29) is 5.79 Å². The van der Waals surface area contributed by atoms with Gasteiger partial charge < -0.3 is 14.4 Å². The quantitative estimate of drug-likeness (QED) is 0.0584. The molecule has 0 aliphatic carbocycles. The highest BCUT2D eigenvalue weighted by Crippen LogP contribution is 2.28. The molecule has 0 radical (unpaired) electrons. The standard InChI is InChI=1S/C38H77NO2/c1-4-6-8-10-12-14-16-18-20-22-24-26-28-30-36-40-38(32-34-39(3)35-33-38)41-37-31-29-27-25-23-21-19-17-15-13-11-9-7-5-2/h4-37H2,1-3H3. The Balaban J connectivity index is 1.97. The van der Waals surface area contributed by atoms with Gasteiger partial charge in [0.25, 0.3) is 0 Å². The summed E-state index contributed by atoms with van der Waals surface area (Å²) in [6.07, 6.45) is 41.4. The molecule has 246 valence electrons. The van der Waals surface area contributed by atoms with Gasteiger partial charge in [0, 0.05) is 25.9 Å². The lowest BCUT2D eigenvalue weighted by atomic mass is 10.0. The van der Waals surface area contributed by atoms with E-state index in [0.717, 1.165) is 39.1 Å². The van der Waals surface area contributed by atoms with Gasteiger partial charge in [0.2, 0.25) is 0 Å². The topological polar surface area (TPSA) is 21.7 Å². The van der Waals surface area contributed by atoms with Crippen molar-refractivity contribution in [1.29, 1.82) is 0 Å². The smallest absolute Gasteiger partial charge is 0.170 e. The van der Waals surface area contributed by atoms with Crippen molar-refractivity contribution in [2.24, 2.45) is 0 Å². The van der Waals surface area contributed by atoms with Crippen LogP contribution < -0.4 is 0 Å². The normalized spacial score (nSPS) is 15.6. The summed E-state index contributed by atoms with van der Waals surface area (Å²) in [6, 6.07) is 0. The molecule has 0 amide bonds. The molecule has 0 aromatic heterocycles. The molecule has 0 N–H and O–H groups in total. The number of hydrogen-bond donors (Lipinski definition) is 0. The highest BCUT2D eigenvalue weighted by molar-refractivity contribution is 4.79. The molecule has 1 fully saturated rings. The first-order chi connectivity index (χ1) is 20.2. The maximum atomic E-state index is 6.50. The average Bonchev–Trinajstić information content (AvgIpc) is 2.98. The fraction of sp³-hybridized carbons (Fsp3) is 1.00. The molecule has 0 bridgehead atoms. The van der Waals surface area contributed by atoms with Crippen molar-refractivity contribution in [3.8, 4) is 0 Å². The fourth-order valence-electron chi connectivity index (χ4n) is 6.40. The molecule has 1 aliphatic heterocycles. The maximum absolute atomic E-state index is 6.50. The number of likely N-dealkylation sites (tertiary alicyclic amines) is 1. The van der Waals surface area contributed by atoms with E-state index in [1.165, 1.54) is 180 Å². The highest BCUT2D eigenvalue weighted by atomic mass is 16.7. The van der Waals surface area contributed by atoms with Gasteiger partial charge in [-0.15, -0.1) is 0 Å². The Bertz CT molecular complexity index is 467. The van der Waals surface area contributed by atoms with Gasteiger partial charge in [-0.2, -0.15) is 0 Å². The molecule has 3 nitrogen and oxygen atoms in total. The molecule has 3 heteroatoms. The van der Waals surface area contributed by atoms with Crippen molar-refractivity contribution >= 4 is 0 Å². The Morgan fingerprint density at radius 3 is 0.902 bits per heavy atom. The van der Waals surface area contributed by atoms with E-state index < -0.39 is 0 Å². The van der Waals surface area contributed by atoms with Gasteiger partial charge in [-0.1, -0.05) is 181 Å². The minimum atomic E-state index is -0.306. The number of piperidine rings is 1. The van der Waals surface area contributed by atoms with Gasteiger partial charge in [0.1, 0.15) is 0 Å². The Morgan fingerprint density at radius 2 is 0.634 bits per heavy atom. The van der Waals surface area contributed by atoms with E-state index >= 15 is 0 Å². The predicted molar refractivity (Wildman–Crippen MR) is 182 cm³/mol. The van der Waals surface area contributed by atoms with E-state index in [1.54, 1.807) is 0 Å². The van der Waals surface area contributed by atoms with Gasteiger partial charge in [-0.05, 0) is 19.9 Å². The van der Waals surface area contributed by atoms with Crippen LogP contribution in [0.4, 0.5) is 0 Å². The predicted octanol–water partition coefficient (Wildman–Crippen LogP) is 12.4. The Morgan fingerprint density at radius 1 is 0.390 bits per heavy atom. The number of hydrogen-bond acceptors (Lipinski definition) is 3. The molecule has 0 saturated carbocycles. The lowest BCUT2D eigenvalue weighted by molar-refractivity contribution is -0.257. The minimum absolute atomic E-state index is 0.306. The first kappa shape index (κ1) is 38.9. The van der Waals surface area contributed by atoms with Crippen molar-refractivity contribution in [2.75, 3.05) is 33.4 Å². The van der Waals surface area contributed by atoms with Crippen LogP contribution in [0.5, 0.6) is 0 Å². The minimum Gasteiger partial charge on any atom is -0.350 e. The van der Waals surface area contributed by atoms with E-state index in [9.17, 15) is 0 Å². The Hall–Kier alpha value is -0.120. The van der Waals surface area contributed by atoms with Crippen LogP contribution in [0.25, 0.3) is 0 Å². The maximum Gasteiger partial charge on any atom is 0.170 e. The van der Waals surface area contributed by atoms with Crippen molar-refractivity contribution < 1.29 is 9.47 Å². The van der Waals surface area contributed by atoms with Crippen molar-refractivity contribution in [1.82, 2.24) is 4.90 Å². The van der Waals surface area contributed by atoms with Crippen molar-refractivity contribution in [3.05, 3.63) is 0 Å². The lowest BCUT2D eigenvalue weighted by Crippen LogP contribution is -2.47. The van der Waals surface area contributed by atoms with Gasteiger partial charge in [-0.3, -0.25) is 0 Å². The molecule has 0 aromatic carbocycles. The lowest BCUT2D eigenvalue weighted by Gasteiger charge is -2.40. The third-order valence-electron chi connectivity index (χ3n) is 9.47. The van der Waals surface area contributed by atoms with Crippen LogP contribution in [0.2, 0.25) is 0 Å². The number of nitrogens with zero attached hydrogens (tertiary/aromatic N) is 1. The van der Waals surface area contributed by atoms with Crippen LogP contribution in [-0.2, 0) is 9.47 Å². The number of unbranched alkanes of at least 4 members (excludes halogenated alkanes) is 26. The van der Waals surface area contributed by atoms with Crippen LogP contribution >= 0.6 is 0 Å². The summed E-state index contributed by atoms with van der Waals surface area (Å²) in [6.45, 7) is 8.54. The van der Waals surface area contributed by atoms with E-state index in [0.29, 0.717) is 0 Å².